The third kappa shape index (κ3) is 3.63. The van der Waals surface area contributed by atoms with Gasteiger partial charge >= 0.3 is 0 Å². The maximum Gasteiger partial charge on any atom is 0.269 e. The summed E-state index contributed by atoms with van der Waals surface area (Å²) in [6, 6.07) is 17.8. The van der Waals surface area contributed by atoms with Crippen molar-refractivity contribution in [1.82, 2.24) is 0 Å². The van der Waals surface area contributed by atoms with E-state index in [9.17, 15) is 18.8 Å². The second-order valence-electron chi connectivity index (χ2n) is 8.11. The number of carbonyl (C=O) groups is 3. The number of hydrogen-bond acceptors (Lipinski definition) is 4. The van der Waals surface area contributed by atoms with E-state index in [1.807, 2.05) is 19.1 Å². The molecule has 0 aliphatic carbocycles. The molecule has 0 radical (unpaired) electrons. The fraction of sp³-hybridized carbons (Fsp3) is 0.160. The Hall–Kier alpha value is -3.36. The summed E-state index contributed by atoms with van der Waals surface area (Å²) in [5.74, 6) is -1.59. The number of carbonyl (C=O) groups excluding carboxylic acids is 3. The predicted molar refractivity (Wildman–Crippen MR) is 132 cm³/mol. The van der Waals surface area contributed by atoms with E-state index in [2.05, 4.69) is 5.32 Å². The van der Waals surface area contributed by atoms with Crippen LogP contribution >= 0.6 is 23.4 Å². The van der Waals surface area contributed by atoms with Gasteiger partial charge in [0.2, 0.25) is 16.7 Å². The van der Waals surface area contributed by atoms with Crippen LogP contribution in [0.1, 0.15) is 11.1 Å². The molecule has 6 nitrogen and oxygen atoms in total. The van der Waals surface area contributed by atoms with Crippen LogP contribution in [0.4, 0.5) is 21.5 Å². The fourth-order valence-electron chi connectivity index (χ4n) is 4.40. The third-order valence-electron chi connectivity index (χ3n) is 5.79. The lowest BCUT2D eigenvalue weighted by Gasteiger charge is -2.33. The van der Waals surface area contributed by atoms with Crippen molar-refractivity contribution in [3.63, 3.8) is 0 Å². The Kier molecular flexibility index (Phi) is 5.58. The molecule has 172 valence electrons. The molecule has 3 amide bonds. The van der Waals surface area contributed by atoms with Gasteiger partial charge < -0.3 is 5.32 Å². The molecule has 3 aromatic carbocycles. The van der Waals surface area contributed by atoms with Gasteiger partial charge in [0.25, 0.3) is 5.91 Å². The van der Waals surface area contributed by atoms with Crippen molar-refractivity contribution < 1.29 is 18.8 Å². The Morgan fingerprint density at radius 3 is 2.68 bits per heavy atom. The van der Waals surface area contributed by atoms with Crippen molar-refractivity contribution in [3.8, 4) is 0 Å². The molecule has 0 aromatic heterocycles. The van der Waals surface area contributed by atoms with Gasteiger partial charge in [0.1, 0.15) is 12.4 Å². The second kappa shape index (κ2) is 8.45. The first kappa shape index (κ1) is 22.4. The average molecular weight is 496 g/mol. The highest BCUT2D eigenvalue weighted by Crippen LogP contribution is 2.55. The van der Waals surface area contributed by atoms with Crippen LogP contribution in [-0.4, -0.2) is 30.0 Å². The van der Waals surface area contributed by atoms with Gasteiger partial charge in [-0.05, 0) is 49.4 Å². The van der Waals surface area contributed by atoms with Crippen molar-refractivity contribution in [3.05, 3.63) is 88.7 Å². The lowest BCUT2D eigenvalue weighted by molar-refractivity contribution is -0.124. The van der Waals surface area contributed by atoms with Crippen LogP contribution in [0, 0.1) is 12.7 Å². The predicted octanol–water partition coefficient (Wildman–Crippen LogP) is 4.71. The van der Waals surface area contributed by atoms with Gasteiger partial charge in [-0.2, -0.15) is 0 Å². The zero-order valence-electron chi connectivity index (χ0n) is 18.0. The number of aryl methyl sites for hydroxylation is 1. The molecule has 0 saturated carbocycles. The molecule has 1 spiro atoms. The summed E-state index contributed by atoms with van der Waals surface area (Å²) in [4.78, 5) is 41.2. The van der Waals surface area contributed by atoms with E-state index in [0.29, 0.717) is 27.6 Å². The molecular weight excluding hydrogens is 477 g/mol. The molecule has 3 aromatic rings. The van der Waals surface area contributed by atoms with Crippen LogP contribution in [0.5, 0.6) is 0 Å². The fourth-order valence-corrected chi connectivity index (χ4v) is 5.94. The first-order valence-corrected chi connectivity index (χ1v) is 11.9. The van der Waals surface area contributed by atoms with E-state index in [4.69, 9.17) is 11.6 Å². The minimum atomic E-state index is -1.41. The number of nitrogens with one attached hydrogen (secondary N) is 1. The minimum absolute atomic E-state index is 0.0538. The monoisotopic (exact) mass is 495 g/mol. The normalized spacial score (nSPS) is 19.1. The summed E-state index contributed by atoms with van der Waals surface area (Å²) in [5, 5.41) is 3.23. The smallest absolute Gasteiger partial charge is 0.269 e. The number of benzene rings is 3. The molecule has 9 heteroatoms. The first-order chi connectivity index (χ1) is 16.3. The summed E-state index contributed by atoms with van der Waals surface area (Å²) < 4.78 is 14.1. The Labute approximate surface area is 204 Å². The van der Waals surface area contributed by atoms with E-state index in [1.54, 1.807) is 36.4 Å². The lowest BCUT2D eigenvalue weighted by atomic mass is 10.0. The Bertz CT molecular complexity index is 1350. The zero-order chi connectivity index (χ0) is 24.0. The number of nitrogens with zero attached hydrogens (tertiary/aromatic N) is 2. The van der Waals surface area contributed by atoms with Crippen molar-refractivity contribution in [2.75, 3.05) is 27.4 Å². The summed E-state index contributed by atoms with van der Waals surface area (Å²) >= 11 is 7.18. The van der Waals surface area contributed by atoms with E-state index in [-0.39, 0.29) is 18.2 Å². The molecule has 1 fully saturated rings. The summed E-state index contributed by atoms with van der Waals surface area (Å²) in [7, 11) is 0. The maximum atomic E-state index is 14.1. The second-order valence-corrected chi connectivity index (χ2v) is 9.72. The van der Waals surface area contributed by atoms with Gasteiger partial charge in [-0.25, -0.2) is 4.39 Å². The molecule has 34 heavy (non-hydrogen) atoms. The number of thioether (sulfide) groups is 1. The molecule has 2 aliphatic heterocycles. The molecular formula is C25H19ClFN3O3S. The number of rotatable bonds is 4. The molecule has 0 bridgehead atoms. The number of fused-ring (bicyclic) bond motifs is 2. The van der Waals surface area contributed by atoms with Gasteiger partial charge in [0, 0.05) is 22.0 Å². The van der Waals surface area contributed by atoms with Gasteiger partial charge in [-0.1, -0.05) is 41.4 Å². The SMILES string of the molecule is Cc1ccc2c(c1)[C@]1(SCC(=O)N1c1cccc(F)c1)C(=O)N2CC(=O)Nc1cccc(Cl)c1. The van der Waals surface area contributed by atoms with Crippen LogP contribution in [0.25, 0.3) is 0 Å². The van der Waals surface area contributed by atoms with E-state index >= 15 is 0 Å². The van der Waals surface area contributed by atoms with Crippen molar-refractivity contribution in [1.29, 1.82) is 0 Å². The molecule has 1 atom stereocenters. The molecule has 0 unspecified atom stereocenters. The number of amides is 3. The van der Waals surface area contributed by atoms with Gasteiger partial charge in [0.05, 0.1) is 11.4 Å². The Morgan fingerprint density at radius 1 is 1.12 bits per heavy atom. The third-order valence-corrected chi connectivity index (χ3v) is 7.41. The summed E-state index contributed by atoms with van der Waals surface area (Å²) in [6.07, 6.45) is 0. The molecule has 2 heterocycles. The van der Waals surface area contributed by atoms with Crippen LogP contribution in [0.2, 0.25) is 5.02 Å². The minimum Gasteiger partial charge on any atom is -0.324 e. The summed E-state index contributed by atoms with van der Waals surface area (Å²) in [6.45, 7) is 1.63. The van der Waals surface area contributed by atoms with Crippen molar-refractivity contribution in [2.45, 2.75) is 11.8 Å². The van der Waals surface area contributed by atoms with Gasteiger partial charge in [-0.15, -0.1) is 11.8 Å². The van der Waals surface area contributed by atoms with Crippen LogP contribution in [0.15, 0.2) is 66.7 Å². The lowest BCUT2D eigenvalue weighted by Crippen LogP contribution is -2.51. The van der Waals surface area contributed by atoms with Gasteiger partial charge in [0.15, 0.2) is 0 Å². The van der Waals surface area contributed by atoms with E-state index in [1.165, 1.54) is 39.8 Å². The van der Waals surface area contributed by atoms with Crippen molar-refractivity contribution >= 4 is 58.1 Å². The largest absolute Gasteiger partial charge is 0.324 e. The number of hydrogen-bond donors (Lipinski definition) is 1. The zero-order valence-corrected chi connectivity index (χ0v) is 19.6. The van der Waals surface area contributed by atoms with E-state index < -0.39 is 22.5 Å². The molecule has 5 rings (SSSR count). The highest BCUT2D eigenvalue weighted by molar-refractivity contribution is 8.02. The van der Waals surface area contributed by atoms with Gasteiger partial charge in [-0.3, -0.25) is 24.2 Å². The highest BCUT2D eigenvalue weighted by atomic mass is 35.5. The summed E-state index contributed by atoms with van der Waals surface area (Å²) in [5.41, 5.74) is 2.85. The Morgan fingerprint density at radius 2 is 1.91 bits per heavy atom. The molecule has 2 aliphatic rings. The standard InChI is InChI=1S/C25H19ClFN3O3S/c1-15-8-9-21-20(10-15)25(30(23(32)14-34-25)19-7-3-5-17(27)12-19)24(33)29(21)13-22(31)28-18-6-2-4-16(26)11-18/h2-12H,13-14H2,1H3,(H,28,31)/t25-/m0/s1. The number of halogens is 2. The molecule has 1 N–H and O–H groups in total. The highest BCUT2D eigenvalue weighted by Gasteiger charge is 2.61. The molecule has 1 saturated heterocycles. The maximum absolute atomic E-state index is 14.1. The number of anilines is 3. The quantitative estimate of drug-likeness (QED) is 0.569. The first-order valence-electron chi connectivity index (χ1n) is 10.5. The topological polar surface area (TPSA) is 69.7 Å². The van der Waals surface area contributed by atoms with Crippen LogP contribution in [-0.2, 0) is 19.3 Å². The van der Waals surface area contributed by atoms with Crippen molar-refractivity contribution in [2.24, 2.45) is 0 Å². The average Bonchev–Trinajstić information content (AvgIpc) is 3.24. The van der Waals surface area contributed by atoms with Crippen LogP contribution < -0.4 is 15.1 Å². The van der Waals surface area contributed by atoms with Crippen LogP contribution in [0.3, 0.4) is 0 Å². The Balaban J connectivity index is 1.55. The van der Waals surface area contributed by atoms with E-state index in [0.717, 1.165) is 5.56 Å².